The third-order valence-electron chi connectivity index (χ3n) is 4.82. The quantitative estimate of drug-likeness (QED) is 0.735. The molecule has 7 nitrogen and oxygen atoms in total. The van der Waals surface area contributed by atoms with Crippen molar-refractivity contribution < 1.29 is 17.9 Å². The van der Waals surface area contributed by atoms with Gasteiger partial charge < -0.3 is 15.0 Å². The van der Waals surface area contributed by atoms with Gasteiger partial charge in [0.1, 0.15) is 0 Å². The number of carbonyl (C=O) groups is 1. The van der Waals surface area contributed by atoms with Gasteiger partial charge in [0.15, 0.2) is 0 Å². The average molecular weight is 381 g/mol. The Bertz CT molecular complexity index is 711. The molecule has 1 amide bonds. The van der Waals surface area contributed by atoms with Crippen LogP contribution < -0.4 is 10.0 Å². The molecule has 2 N–H and O–H groups in total. The molecule has 8 heteroatoms. The SMILES string of the molecule is O=C(NCCN1CCCCC1)c1cccc(S(=O)(=O)NC2CCOC2)c1. The molecule has 1 aromatic carbocycles. The summed E-state index contributed by atoms with van der Waals surface area (Å²) in [6, 6.07) is 5.95. The fraction of sp³-hybridized carbons (Fsp3) is 0.611. The third-order valence-corrected chi connectivity index (χ3v) is 6.34. The van der Waals surface area contributed by atoms with Crippen molar-refractivity contribution in [2.75, 3.05) is 39.4 Å². The zero-order valence-electron chi connectivity index (χ0n) is 14.9. The second kappa shape index (κ2) is 8.94. The first-order valence-electron chi connectivity index (χ1n) is 9.25. The predicted molar refractivity (Wildman–Crippen MR) is 98.6 cm³/mol. The van der Waals surface area contributed by atoms with Crippen LogP contribution >= 0.6 is 0 Å². The molecule has 0 saturated carbocycles. The van der Waals surface area contributed by atoms with Crippen molar-refractivity contribution in [3.05, 3.63) is 29.8 Å². The maximum atomic E-state index is 12.5. The molecule has 3 rings (SSSR count). The Morgan fingerprint density at radius 3 is 2.77 bits per heavy atom. The average Bonchev–Trinajstić information content (AvgIpc) is 3.15. The van der Waals surface area contributed by atoms with E-state index in [4.69, 9.17) is 4.74 Å². The molecule has 0 bridgehead atoms. The molecule has 0 spiro atoms. The normalized spacial score (nSPS) is 21.6. The minimum Gasteiger partial charge on any atom is -0.380 e. The van der Waals surface area contributed by atoms with Gasteiger partial charge in [-0.15, -0.1) is 0 Å². The summed E-state index contributed by atoms with van der Waals surface area (Å²) >= 11 is 0. The topological polar surface area (TPSA) is 87.7 Å². The lowest BCUT2D eigenvalue weighted by molar-refractivity contribution is 0.0946. The van der Waals surface area contributed by atoms with Gasteiger partial charge in [-0.3, -0.25) is 4.79 Å². The van der Waals surface area contributed by atoms with Crippen molar-refractivity contribution in [1.82, 2.24) is 14.9 Å². The second-order valence-corrected chi connectivity index (χ2v) is 8.58. The first-order valence-corrected chi connectivity index (χ1v) is 10.7. The summed E-state index contributed by atoms with van der Waals surface area (Å²) in [5, 5.41) is 2.88. The molecule has 2 aliphatic heterocycles. The van der Waals surface area contributed by atoms with Gasteiger partial charge in [-0.2, -0.15) is 0 Å². The Morgan fingerprint density at radius 1 is 1.23 bits per heavy atom. The molecule has 2 heterocycles. The number of nitrogens with zero attached hydrogens (tertiary/aromatic N) is 1. The smallest absolute Gasteiger partial charge is 0.251 e. The molecular formula is C18H27N3O4S. The van der Waals surface area contributed by atoms with Crippen LogP contribution in [0.25, 0.3) is 0 Å². The van der Waals surface area contributed by atoms with Gasteiger partial charge in [0.2, 0.25) is 10.0 Å². The van der Waals surface area contributed by atoms with Gasteiger partial charge in [-0.25, -0.2) is 13.1 Å². The third kappa shape index (κ3) is 5.26. The number of benzene rings is 1. The number of likely N-dealkylation sites (tertiary alicyclic amines) is 1. The molecular weight excluding hydrogens is 354 g/mol. The van der Waals surface area contributed by atoms with Crippen molar-refractivity contribution in [2.45, 2.75) is 36.6 Å². The van der Waals surface area contributed by atoms with Crippen LogP contribution in [-0.4, -0.2) is 64.7 Å². The molecule has 144 valence electrons. The van der Waals surface area contributed by atoms with Crippen molar-refractivity contribution in [3.8, 4) is 0 Å². The molecule has 2 fully saturated rings. The van der Waals surface area contributed by atoms with E-state index < -0.39 is 10.0 Å². The van der Waals surface area contributed by atoms with Crippen molar-refractivity contribution >= 4 is 15.9 Å². The lowest BCUT2D eigenvalue weighted by Gasteiger charge is -2.26. The van der Waals surface area contributed by atoms with Gasteiger partial charge in [-0.1, -0.05) is 12.5 Å². The van der Waals surface area contributed by atoms with E-state index in [9.17, 15) is 13.2 Å². The van der Waals surface area contributed by atoms with Crippen LogP contribution in [-0.2, 0) is 14.8 Å². The number of carbonyl (C=O) groups excluding carboxylic acids is 1. The van der Waals surface area contributed by atoms with Crippen LogP contribution in [0.2, 0.25) is 0 Å². The highest BCUT2D eigenvalue weighted by Gasteiger charge is 2.24. The maximum absolute atomic E-state index is 12.5. The van der Waals surface area contributed by atoms with E-state index in [2.05, 4.69) is 14.9 Å². The monoisotopic (exact) mass is 381 g/mol. The zero-order valence-corrected chi connectivity index (χ0v) is 15.8. The number of hydrogen-bond donors (Lipinski definition) is 2. The highest BCUT2D eigenvalue weighted by atomic mass is 32.2. The number of ether oxygens (including phenoxy) is 1. The molecule has 0 aliphatic carbocycles. The van der Waals surface area contributed by atoms with Crippen molar-refractivity contribution in [2.24, 2.45) is 0 Å². The Morgan fingerprint density at radius 2 is 2.04 bits per heavy atom. The first-order chi connectivity index (χ1) is 12.5. The van der Waals surface area contributed by atoms with E-state index in [1.807, 2.05) is 0 Å². The number of rotatable bonds is 7. The number of piperidine rings is 1. The van der Waals surface area contributed by atoms with E-state index in [0.717, 1.165) is 19.6 Å². The number of sulfonamides is 1. The van der Waals surface area contributed by atoms with Gasteiger partial charge in [0, 0.05) is 31.3 Å². The van der Waals surface area contributed by atoms with Crippen LogP contribution in [0, 0.1) is 0 Å². The summed E-state index contributed by atoms with van der Waals surface area (Å²) in [5.74, 6) is -0.247. The standard InChI is InChI=1S/C18H27N3O4S/c22-18(19-8-11-21-9-2-1-3-10-21)15-5-4-6-17(13-15)26(23,24)20-16-7-12-25-14-16/h4-6,13,16,20H,1-3,7-12,14H2,(H,19,22). The summed E-state index contributed by atoms with van der Waals surface area (Å²) in [5.41, 5.74) is 0.356. The lowest BCUT2D eigenvalue weighted by atomic mass is 10.1. The maximum Gasteiger partial charge on any atom is 0.251 e. The summed E-state index contributed by atoms with van der Waals surface area (Å²) in [7, 11) is -3.66. The Balaban J connectivity index is 1.56. The molecule has 0 aromatic heterocycles. The van der Waals surface area contributed by atoms with E-state index in [0.29, 0.717) is 31.7 Å². The fourth-order valence-electron chi connectivity index (χ4n) is 3.33. The lowest BCUT2D eigenvalue weighted by Crippen LogP contribution is -2.37. The number of amides is 1. The molecule has 2 saturated heterocycles. The predicted octanol–water partition coefficient (Wildman–Crippen LogP) is 0.970. The van der Waals surface area contributed by atoms with Crippen LogP contribution in [0.3, 0.4) is 0 Å². The van der Waals surface area contributed by atoms with E-state index in [1.165, 1.54) is 31.4 Å². The minimum absolute atomic E-state index is 0.105. The molecule has 26 heavy (non-hydrogen) atoms. The van der Waals surface area contributed by atoms with Crippen molar-refractivity contribution in [3.63, 3.8) is 0 Å². The van der Waals surface area contributed by atoms with Gasteiger partial charge in [0.05, 0.1) is 11.5 Å². The molecule has 0 radical (unpaired) electrons. The summed E-state index contributed by atoms with van der Waals surface area (Å²) in [6.45, 7) is 4.50. The van der Waals surface area contributed by atoms with Gasteiger partial charge >= 0.3 is 0 Å². The molecule has 1 aromatic rings. The van der Waals surface area contributed by atoms with Crippen molar-refractivity contribution in [1.29, 1.82) is 0 Å². The summed E-state index contributed by atoms with van der Waals surface area (Å²) in [6.07, 6.45) is 4.38. The number of hydrogen-bond acceptors (Lipinski definition) is 5. The largest absolute Gasteiger partial charge is 0.380 e. The Labute approximate surface area is 155 Å². The van der Waals surface area contributed by atoms with E-state index in [-0.39, 0.29) is 16.8 Å². The van der Waals surface area contributed by atoms with Gasteiger partial charge in [0.25, 0.3) is 5.91 Å². The van der Waals surface area contributed by atoms with Gasteiger partial charge in [-0.05, 0) is 50.6 Å². The summed E-state index contributed by atoms with van der Waals surface area (Å²) in [4.78, 5) is 14.8. The first kappa shape index (κ1) is 19.3. The van der Waals surface area contributed by atoms with Crippen LogP contribution in [0.15, 0.2) is 29.2 Å². The number of nitrogens with one attached hydrogen (secondary N) is 2. The second-order valence-electron chi connectivity index (χ2n) is 6.87. The summed E-state index contributed by atoms with van der Waals surface area (Å²) < 4.78 is 32.8. The molecule has 1 unspecified atom stereocenters. The highest BCUT2D eigenvalue weighted by Crippen LogP contribution is 2.14. The molecule has 2 aliphatic rings. The minimum atomic E-state index is -3.66. The van der Waals surface area contributed by atoms with E-state index in [1.54, 1.807) is 12.1 Å². The van der Waals surface area contributed by atoms with Crippen LogP contribution in [0.1, 0.15) is 36.0 Å². The molecule has 1 atom stereocenters. The van der Waals surface area contributed by atoms with E-state index >= 15 is 0 Å². The zero-order chi connectivity index (χ0) is 18.4. The van der Waals surface area contributed by atoms with Crippen LogP contribution in [0.5, 0.6) is 0 Å². The van der Waals surface area contributed by atoms with Crippen LogP contribution in [0.4, 0.5) is 0 Å². The fourth-order valence-corrected chi connectivity index (χ4v) is 4.63. The Kier molecular flexibility index (Phi) is 6.63. The highest BCUT2D eigenvalue weighted by molar-refractivity contribution is 7.89. The Hall–Kier alpha value is -1.48.